The van der Waals surface area contributed by atoms with Crippen molar-refractivity contribution in [3.63, 3.8) is 0 Å². The Hall–Kier alpha value is -0.160. The second-order valence-electron chi connectivity index (χ2n) is 4.89. The van der Waals surface area contributed by atoms with Gasteiger partial charge in [-0.1, -0.05) is 0 Å². The molecule has 1 aliphatic carbocycles. The molecule has 1 aliphatic rings. The minimum Gasteiger partial charge on any atom is -0.388 e. The van der Waals surface area contributed by atoms with Crippen molar-refractivity contribution in [3.05, 3.63) is 0 Å². The molecule has 4 heteroatoms. The van der Waals surface area contributed by atoms with Crippen LogP contribution in [0.25, 0.3) is 0 Å². The van der Waals surface area contributed by atoms with E-state index in [1.54, 1.807) is 0 Å². The first-order valence-corrected chi connectivity index (χ1v) is 6.17. The number of rotatable bonds is 8. The number of aliphatic hydroxyl groups excluding tert-OH is 1. The Kier molecular flexibility index (Phi) is 6.28. The third-order valence-electron chi connectivity index (χ3n) is 2.83. The van der Waals surface area contributed by atoms with Gasteiger partial charge in [0.1, 0.15) is 6.10 Å². The van der Waals surface area contributed by atoms with Gasteiger partial charge in [-0.25, -0.2) is 0 Å². The molecule has 0 aromatic carbocycles. The second kappa shape index (κ2) is 7.22. The molecule has 0 spiro atoms. The van der Waals surface area contributed by atoms with Crippen LogP contribution in [-0.4, -0.2) is 50.2 Å². The van der Waals surface area contributed by atoms with Crippen molar-refractivity contribution in [1.82, 2.24) is 5.32 Å². The lowest BCUT2D eigenvalue weighted by Crippen LogP contribution is -2.38. The van der Waals surface area contributed by atoms with Gasteiger partial charge in [0.05, 0.1) is 25.4 Å². The number of aliphatic hydroxyl groups is 1. The van der Waals surface area contributed by atoms with E-state index in [-0.39, 0.29) is 6.10 Å². The molecule has 1 rings (SSSR count). The number of nitrogens with one attached hydrogen (secondary N) is 1. The van der Waals surface area contributed by atoms with E-state index in [2.05, 4.69) is 5.32 Å². The highest BCUT2D eigenvalue weighted by molar-refractivity contribution is 4.81. The Morgan fingerprint density at radius 2 is 2.00 bits per heavy atom. The van der Waals surface area contributed by atoms with Crippen LogP contribution in [-0.2, 0) is 9.47 Å². The van der Waals surface area contributed by atoms with Crippen molar-refractivity contribution < 1.29 is 14.6 Å². The smallest absolute Gasteiger partial charge is 0.101 e. The van der Waals surface area contributed by atoms with Gasteiger partial charge >= 0.3 is 0 Å². The third kappa shape index (κ3) is 5.25. The van der Waals surface area contributed by atoms with Crippen LogP contribution in [0.3, 0.4) is 0 Å². The molecular weight excluding hydrogens is 206 g/mol. The molecule has 0 bridgehead atoms. The van der Waals surface area contributed by atoms with E-state index in [1.807, 2.05) is 20.9 Å². The van der Waals surface area contributed by atoms with Crippen LogP contribution < -0.4 is 5.32 Å². The summed E-state index contributed by atoms with van der Waals surface area (Å²) in [5.41, 5.74) is 0. The van der Waals surface area contributed by atoms with Gasteiger partial charge in [-0.05, 0) is 46.2 Å². The fraction of sp³-hybridized carbons (Fsp3) is 1.00. The van der Waals surface area contributed by atoms with Gasteiger partial charge in [0, 0.05) is 0 Å². The van der Waals surface area contributed by atoms with E-state index < -0.39 is 6.10 Å². The summed E-state index contributed by atoms with van der Waals surface area (Å²) in [6.07, 6.45) is 2.23. The molecular formula is C12H25NO3. The summed E-state index contributed by atoms with van der Waals surface area (Å²) in [4.78, 5) is 0. The highest BCUT2D eigenvalue weighted by Crippen LogP contribution is 2.29. The van der Waals surface area contributed by atoms with Crippen molar-refractivity contribution in [2.45, 2.75) is 45.0 Å². The monoisotopic (exact) mass is 231 g/mol. The molecule has 0 radical (unpaired) electrons. The summed E-state index contributed by atoms with van der Waals surface area (Å²) in [6, 6.07) is 0. The number of ether oxygens (including phenoxy) is 2. The number of hydrogen-bond acceptors (Lipinski definition) is 4. The summed E-state index contributed by atoms with van der Waals surface area (Å²) in [5, 5.41) is 12.7. The van der Waals surface area contributed by atoms with E-state index >= 15 is 0 Å². The quantitative estimate of drug-likeness (QED) is 0.648. The SMILES string of the molecule is CNCC1CC(OCC(O)COC(C)C)C1. The van der Waals surface area contributed by atoms with Crippen molar-refractivity contribution in [1.29, 1.82) is 0 Å². The first-order valence-electron chi connectivity index (χ1n) is 6.17. The zero-order valence-electron chi connectivity index (χ0n) is 10.6. The topological polar surface area (TPSA) is 50.7 Å². The molecule has 0 saturated heterocycles. The molecule has 0 aliphatic heterocycles. The molecule has 0 amide bonds. The molecule has 2 N–H and O–H groups in total. The summed E-state index contributed by atoms with van der Waals surface area (Å²) in [7, 11) is 1.97. The zero-order chi connectivity index (χ0) is 12.0. The average Bonchev–Trinajstić information content (AvgIpc) is 2.18. The van der Waals surface area contributed by atoms with Crippen molar-refractivity contribution in [2.75, 3.05) is 26.8 Å². The first kappa shape index (κ1) is 13.9. The fourth-order valence-corrected chi connectivity index (χ4v) is 1.86. The van der Waals surface area contributed by atoms with Crippen LogP contribution in [0.1, 0.15) is 26.7 Å². The van der Waals surface area contributed by atoms with Gasteiger partial charge in [-0.15, -0.1) is 0 Å². The molecule has 0 heterocycles. The molecule has 1 unspecified atom stereocenters. The molecule has 16 heavy (non-hydrogen) atoms. The Balaban J connectivity index is 1.95. The van der Waals surface area contributed by atoms with Crippen molar-refractivity contribution >= 4 is 0 Å². The van der Waals surface area contributed by atoms with Gasteiger partial charge in [0.25, 0.3) is 0 Å². The normalized spacial score (nSPS) is 26.8. The lowest BCUT2D eigenvalue weighted by molar-refractivity contribution is -0.0864. The molecule has 1 atom stereocenters. The zero-order valence-corrected chi connectivity index (χ0v) is 10.6. The molecule has 4 nitrogen and oxygen atoms in total. The molecule has 1 fully saturated rings. The van der Waals surface area contributed by atoms with Crippen LogP contribution in [0, 0.1) is 5.92 Å². The van der Waals surface area contributed by atoms with Crippen LogP contribution in [0.4, 0.5) is 0 Å². The lowest BCUT2D eigenvalue weighted by Gasteiger charge is -2.35. The molecule has 0 aromatic rings. The molecule has 1 saturated carbocycles. The Labute approximate surface area is 98.3 Å². The lowest BCUT2D eigenvalue weighted by atomic mass is 9.82. The van der Waals surface area contributed by atoms with Crippen LogP contribution >= 0.6 is 0 Å². The van der Waals surface area contributed by atoms with Gasteiger partial charge in [-0.3, -0.25) is 0 Å². The van der Waals surface area contributed by atoms with Gasteiger partial charge in [0.2, 0.25) is 0 Å². The number of hydrogen-bond donors (Lipinski definition) is 2. The van der Waals surface area contributed by atoms with Crippen LogP contribution in [0.2, 0.25) is 0 Å². The van der Waals surface area contributed by atoms with Gasteiger partial charge in [0.15, 0.2) is 0 Å². The predicted molar refractivity (Wildman–Crippen MR) is 63.5 cm³/mol. The minimum atomic E-state index is -0.495. The van der Waals surface area contributed by atoms with Crippen molar-refractivity contribution in [2.24, 2.45) is 5.92 Å². The van der Waals surface area contributed by atoms with Crippen LogP contribution in [0.5, 0.6) is 0 Å². The summed E-state index contributed by atoms with van der Waals surface area (Å²) in [6.45, 7) is 5.75. The highest BCUT2D eigenvalue weighted by atomic mass is 16.5. The Bertz CT molecular complexity index is 181. The fourth-order valence-electron chi connectivity index (χ4n) is 1.86. The van der Waals surface area contributed by atoms with E-state index in [4.69, 9.17) is 9.47 Å². The third-order valence-corrected chi connectivity index (χ3v) is 2.83. The maximum Gasteiger partial charge on any atom is 0.101 e. The Morgan fingerprint density at radius 3 is 2.56 bits per heavy atom. The standard InChI is InChI=1S/C12H25NO3/c1-9(2)15-7-11(14)8-16-12-4-10(5-12)6-13-3/h9-14H,4-8H2,1-3H3. The largest absolute Gasteiger partial charge is 0.388 e. The van der Waals surface area contributed by atoms with Gasteiger partial charge < -0.3 is 19.9 Å². The van der Waals surface area contributed by atoms with Crippen LogP contribution in [0.15, 0.2) is 0 Å². The van der Waals surface area contributed by atoms with E-state index in [1.165, 1.54) is 0 Å². The molecule has 0 aromatic heterocycles. The minimum absolute atomic E-state index is 0.165. The van der Waals surface area contributed by atoms with Gasteiger partial charge in [-0.2, -0.15) is 0 Å². The van der Waals surface area contributed by atoms with E-state index in [9.17, 15) is 5.11 Å². The maximum atomic E-state index is 9.57. The Morgan fingerprint density at radius 1 is 1.31 bits per heavy atom. The highest BCUT2D eigenvalue weighted by Gasteiger charge is 2.29. The summed E-state index contributed by atoms with van der Waals surface area (Å²) in [5.74, 6) is 0.749. The summed E-state index contributed by atoms with van der Waals surface area (Å²) < 4.78 is 10.9. The van der Waals surface area contributed by atoms with Crippen molar-refractivity contribution in [3.8, 4) is 0 Å². The molecule has 96 valence electrons. The predicted octanol–water partition coefficient (Wildman–Crippen LogP) is 0.787. The summed E-state index contributed by atoms with van der Waals surface area (Å²) >= 11 is 0. The van der Waals surface area contributed by atoms with E-state index in [0.717, 1.165) is 25.3 Å². The maximum absolute atomic E-state index is 9.57. The second-order valence-corrected chi connectivity index (χ2v) is 4.89. The first-order chi connectivity index (χ1) is 7.61. The van der Waals surface area contributed by atoms with E-state index in [0.29, 0.717) is 19.3 Å². The average molecular weight is 231 g/mol.